The molecule has 24 heavy (non-hydrogen) atoms. The second-order valence-corrected chi connectivity index (χ2v) is 5.63. The van der Waals surface area contributed by atoms with Crippen molar-refractivity contribution in [3.63, 3.8) is 0 Å². The number of carbonyl (C=O) groups excluding carboxylic acids is 2. The molecule has 0 bridgehead atoms. The highest BCUT2D eigenvalue weighted by molar-refractivity contribution is 6.31. The summed E-state index contributed by atoms with van der Waals surface area (Å²) < 4.78 is 5.32. The Balaban J connectivity index is 1.73. The van der Waals surface area contributed by atoms with Crippen molar-refractivity contribution in [1.29, 1.82) is 0 Å². The normalized spacial score (nSPS) is 10.1. The maximum atomic E-state index is 12.1. The lowest BCUT2D eigenvalue weighted by atomic mass is 10.2. The number of nitrogens with zero attached hydrogens (tertiary/aromatic N) is 1. The molecule has 2 aromatic rings. The molecule has 126 valence electrons. The zero-order valence-electron chi connectivity index (χ0n) is 13.4. The minimum absolute atomic E-state index is 0.0854. The lowest BCUT2D eigenvalue weighted by Crippen LogP contribution is -2.39. The Hall–Kier alpha value is -2.53. The lowest BCUT2D eigenvalue weighted by Gasteiger charge is -2.18. The third kappa shape index (κ3) is 5.59. The molecule has 0 aliphatic carbocycles. The first kappa shape index (κ1) is 17.8. The van der Waals surface area contributed by atoms with E-state index in [0.29, 0.717) is 17.3 Å². The molecule has 0 aromatic heterocycles. The summed E-state index contributed by atoms with van der Waals surface area (Å²) in [4.78, 5) is 25.3. The van der Waals surface area contributed by atoms with Crippen LogP contribution in [0.2, 0.25) is 5.02 Å². The van der Waals surface area contributed by atoms with Gasteiger partial charge in [0.1, 0.15) is 5.75 Å². The van der Waals surface area contributed by atoms with Gasteiger partial charge in [0.25, 0.3) is 5.91 Å². The SMILES string of the molecule is CN(Cc1ccccc1Cl)C(=O)CNC(=O)COc1ccccc1. The molecule has 1 N–H and O–H groups in total. The molecular formula is C18H19ClN2O3. The van der Waals surface area contributed by atoms with Crippen molar-refractivity contribution in [2.45, 2.75) is 6.54 Å². The Morgan fingerprint density at radius 1 is 1.08 bits per heavy atom. The molecule has 2 amide bonds. The van der Waals surface area contributed by atoms with Gasteiger partial charge in [-0.2, -0.15) is 0 Å². The Kier molecular flexibility index (Phi) is 6.63. The largest absolute Gasteiger partial charge is 0.484 e. The van der Waals surface area contributed by atoms with Gasteiger partial charge in [0, 0.05) is 18.6 Å². The molecule has 0 saturated carbocycles. The van der Waals surface area contributed by atoms with Crippen molar-refractivity contribution in [1.82, 2.24) is 10.2 Å². The van der Waals surface area contributed by atoms with E-state index < -0.39 is 0 Å². The minimum Gasteiger partial charge on any atom is -0.484 e. The van der Waals surface area contributed by atoms with Crippen LogP contribution in [0.5, 0.6) is 5.75 Å². The third-order valence-corrected chi connectivity index (χ3v) is 3.71. The Morgan fingerprint density at radius 2 is 1.75 bits per heavy atom. The molecule has 0 radical (unpaired) electrons. The third-order valence-electron chi connectivity index (χ3n) is 3.34. The van der Waals surface area contributed by atoms with Crippen LogP contribution in [0, 0.1) is 0 Å². The molecule has 0 heterocycles. The summed E-state index contributed by atoms with van der Waals surface area (Å²) in [6, 6.07) is 16.4. The minimum atomic E-state index is -0.349. The zero-order chi connectivity index (χ0) is 17.4. The van der Waals surface area contributed by atoms with E-state index in [1.165, 1.54) is 4.90 Å². The van der Waals surface area contributed by atoms with E-state index in [4.69, 9.17) is 16.3 Å². The van der Waals surface area contributed by atoms with Crippen LogP contribution < -0.4 is 10.1 Å². The molecule has 0 spiro atoms. The van der Waals surface area contributed by atoms with Gasteiger partial charge in [-0.3, -0.25) is 9.59 Å². The second-order valence-electron chi connectivity index (χ2n) is 5.22. The number of likely N-dealkylation sites (N-methyl/N-ethyl adjacent to an activating group) is 1. The number of ether oxygens (including phenoxy) is 1. The van der Waals surface area contributed by atoms with Crippen LogP contribution in [0.3, 0.4) is 0 Å². The van der Waals surface area contributed by atoms with Gasteiger partial charge in [-0.15, -0.1) is 0 Å². The summed E-state index contributed by atoms with van der Waals surface area (Å²) >= 11 is 6.08. The van der Waals surface area contributed by atoms with E-state index in [1.807, 2.05) is 36.4 Å². The topological polar surface area (TPSA) is 58.6 Å². The summed E-state index contributed by atoms with van der Waals surface area (Å²) in [7, 11) is 1.66. The first-order chi connectivity index (χ1) is 11.6. The van der Waals surface area contributed by atoms with Crippen LogP contribution in [0.1, 0.15) is 5.56 Å². The number of nitrogens with one attached hydrogen (secondary N) is 1. The zero-order valence-corrected chi connectivity index (χ0v) is 14.1. The predicted octanol–water partition coefficient (Wildman–Crippen LogP) is 2.49. The molecule has 2 aromatic carbocycles. The van der Waals surface area contributed by atoms with Gasteiger partial charge in [-0.1, -0.05) is 48.0 Å². The highest BCUT2D eigenvalue weighted by Crippen LogP contribution is 2.16. The quantitative estimate of drug-likeness (QED) is 0.838. The molecule has 5 nitrogen and oxygen atoms in total. The maximum absolute atomic E-state index is 12.1. The van der Waals surface area contributed by atoms with Gasteiger partial charge in [-0.25, -0.2) is 0 Å². The Bertz CT molecular complexity index is 692. The molecule has 0 saturated heterocycles. The fourth-order valence-corrected chi connectivity index (χ4v) is 2.19. The standard InChI is InChI=1S/C18H19ClN2O3/c1-21(12-14-7-5-6-10-16(14)19)18(23)11-20-17(22)13-24-15-8-3-2-4-9-15/h2-10H,11-13H2,1H3,(H,20,22). The van der Waals surface area contributed by atoms with Gasteiger partial charge in [0.05, 0.1) is 6.54 Å². The van der Waals surface area contributed by atoms with E-state index in [2.05, 4.69) is 5.32 Å². The van der Waals surface area contributed by atoms with Crippen LogP contribution in [0.15, 0.2) is 54.6 Å². The van der Waals surface area contributed by atoms with E-state index in [0.717, 1.165) is 5.56 Å². The highest BCUT2D eigenvalue weighted by atomic mass is 35.5. The van der Waals surface area contributed by atoms with E-state index in [1.54, 1.807) is 25.2 Å². The van der Waals surface area contributed by atoms with Crippen molar-refractivity contribution in [2.75, 3.05) is 20.2 Å². The molecule has 0 unspecified atom stereocenters. The van der Waals surface area contributed by atoms with Crippen LogP contribution in [-0.2, 0) is 16.1 Å². The number of hydrogen-bond acceptors (Lipinski definition) is 3. The number of amides is 2. The van der Waals surface area contributed by atoms with Gasteiger partial charge in [0.2, 0.25) is 5.91 Å². The highest BCUT2D eigenvalue weighted by Gasteiger charge is 2.12. The average Bonchev–Trinajstić information content (AvgIpc) is 2.60. The summed E-state index contributed by atoms with van der Waals surface area (Å²) in [6.07, 6.45) is 0. The number of para-hydroxylation sites is 1. The second kappa shape index (κ2) is 8.93. The fourth-order valence-electron chi connectivity index (χ4n) is 2.00. The van der Waals surface area contributed by atoms with Crippen molar-refractivity contribution < 1.29 is 14.3 Å². The average molecular weight is 347 g/mol. The van der Waals surface area contributed by atoms with Gasteiger partial charge in [0.15, 0.2) is 6.61 Å². The van der Waals surface area contributed by atoms with Crippen LogP contribution >= 0.6 is 11.6 Å². The summed E-state index contributed by atoms with van der Waals surface area (Å²) in [6.45, 7) is 0.165. The number of hydrogen-bond donors (Lipinski definition) is 1. The molecular weight excluding hydrogens is 328 g/mol. The number of carbonyl (C=O) groups is 2. The van der Waals surface area contributed by atoms with E-state index >= 15 is 0 Å². The smallest absolute Gasteiger partial charge is 0.258 e. The predicted molar refractivity (Wildman–Crippen MR) is 92.9 cm³/mol. The lowest BCUT2D eigenvalue weighted by molar-refractivity contribution is -0.132. The first-order valence-corrected chi connectivity index (χ1v) is 7.86. The summed E-state index contributed by atoms with van der Waals surface area (Å²) in [5.41, 5.74) is 0.855. The van der Waals surface area contributed by atoms with Crippen LogP contribution in [0.25, 0.3) is 0 Å². The maximum Gasteiger partial charge on any atom is 0.258 e. The number of halogens is 1. The molecule has 2 rings (SSSR count). The number of benzene rings is 2. The Labute approximate surface area is 146 Å². The van der Waals surface area contributed by atoms with E-state index in [9.17, 15) is 9.59 Å². The molecule has 0 atom stereocenters. The van der Waals surface area contributed by atoms with E-state index in [-0.39, 0.29) is 25.0 Å². The molecule has 6 heteroatoms. The molecule has 0 fully saturated rings. The fraction of sp³-hybridized carbons (Fsp3) is 0.222. The van der Waals surface area contributed by atoms with Gasteiger partial charge in [-0.05, 0) is 23.8 Å². The monoisotopic (exact) mass is 346 g/mol. The summed E-state index contributed by atoms with van der Waals surface area (Å²) in [5, 5.41) is 3.15. The van der Waals surface area contributed by atoms with Crippen LogP contribution in [0.4, 0.5) is 0 Å². The van der Waals surface area contributed by atoms with Crippen LogP contribution in [-0.4, -0.2) is 36.9 Å². The Morgan fingerprint density at radius 3 is 2.46 bits per heavy atom. The molecule has 0 aliphatic rings. The van der Waals surface area contributed by atoms with Gasteiger partial charge < -0.3 is 15.0 Å². The van der Waals surface area contributed by atoms with Crippen molar-refractivity contribution in [3.05, 3.63) is 65.2 Å². The number of rotatable bonds is 7. The van der Waals surface area contributed by atoms with Crippen molar-refractivity contribution in [3.8, 4) is 5.75 Å². The van der Waals surface area contributed by atoms with Crippen molar-refractivity contribution >= 4 is 23.4 Å². The van der Waals surface area contributed by atoms with Gasteiger partial charge >= 0.3 is 0 Å². The summed E-state index contributed by atoms with van der Waals surface area (Å²) in [5.74, 6) is 0.0520. The van der Waals surface area contributed by atoms with Crippen molar-refractivity contribution in [2.24, 2.45) is 0 Å². The molecule has 0 aliphatic heterocycles. The first-order valence-electron chi connectivity index (χ1n) is 7.48.